The molecule has 2 rings (SSSR count). The summed E-state index contributed by atoms with van der Waals surface area (Å²) in [6, 6.07) is 0.0287. The first-order valence-corrected chi connectivity index (χ1v) is 8.65. The van der Waals surface area contributed by atoms with Crippen molar-refractivity contribution in [3.63, 3.8) is 0 Å². The van der Waals surface area contributed by atoms with Crippen LogP contribution in [0, 0.1) is 0 Å². The molecule has 1 unspecified atom stereocenters. The van der Waals surface area contributed by atoms with Crippen LogP contribution in [0.2, 0.25) is 0 Å². The normalized spacial score (nSPS) is 25.0. The molecule has 1 N–H and O–H groups in total. The maximum Gasteiger partial charge on any atom is 0.323 e. The lowest BCUT2D eigenvalue weighted by Gasteiger charge is -2.39. The lowest BCUT2D eigenvalue weighted by molar-refractivity contribution is -0.155. The van der Waals surface area contributed by atoms with Crippen LogP contribution >= 0.6 is 0 Å². The van der Waals surface area contributed by atoms with Crippen molar-refractivity contribution in [3.05, 3.63) is 0 Å². The van der Waals surface area contributed by atoms with Crippen LogP contribution < -0.4 is 5.32 Å². The molecule has 2 aliphatic heterocycles. The van der Waals surface area contributed by atoms with Gasteiger partial charge in [0.15, 0.2) is 0 Å². The van der Waals surface area contributed by atoms with Crippen molar-refractivity contribution < 1.29 is 9.53 Å². The number of carbonyl (C=O) groups is 1. The Balaban J connectivity index is 1.56. The van der Waals surface area contributed by atoms with Crippen molar-refractivity contribution in [2.24, 2.45) is 0 Å². The molecular formula is C16H31N3O2. The van der Waals surface area contributed by atoms with Crippen molar-refractivity contribution in [1.82, 2.24) is 15.1 Å². The van der Waals surface area contributed by atoms with E-state index in [-0.39, 0.29) is 12.0 Å². The highest BCUT2D eigenvalue weighted by Crippen LogP contribution is 2.17. The van der Waals surface area contributed by atoms with Gasteiger partial charge in [-0.3, -0.25) is 9.69 Å². The van der Waals surface area contributed by atoms with Crippen LogP contribution in [-0.4, -0.2) is 74.2 Å². The number of cyclic esters (lactones) is 1. The Labute approximate surface area is 129 Å². The molecule has 0 amide bonds. The zero-order valence-electron chi connectivity index (χ0n) is 13.5. The summed E-state index contributed by atoms with van der Waals surface area (Å²) >= 11 is 0. The van der Waals surface area contributed by atoms with Gasteiger partial charge in [-0.2, -0.15) is 0 Å². The van der Waals surface area contributed by atoms with Gasteiger partial charge in [0.1, 0.15) is 6.04 Å². The Bertz CT molecular complexity index is 304. The lowest BCUT2D eigenvalue weighted by Crippen LogP contribution is -2.54. The predicted octanol–water partition coefficient (Wildman–Crippen LogP) is 1.09. The topological polar surface area (TPSA) is 44.8 Å². The summed E-state index contributed by atoms with van der Waals surface area (Å²) in [6.45, 7) is 10.4. The molecule has 0 saturated carbocycles. The van der Waals surface area contributed by atoms with Crippen LogP contribution in [0.3, 0.4) is 0 Å². The smallest absolute Gasteiger partial charge is 0.323 e. The molecule has 0 aromatic rings. The van der Waals surface area contributed by atoms with Gasteiger partial charge in [-0.1, -0.05) is 13.3 Å². The van der Waals surface area contributed by atoms with Crippen LogP contribution in [0.25, 0.3) is 0 Å². The number of esters is 1. The van der Waals surface area contributed by atoms with Crippen molar-refractivity contribution >= 4 is 5.97 Å². The van der Waals surface area contributed by atoms with Gasteiger partial charge < -0.3 is 15.0 Å². The van der Waals surface area contributed by atoms with Crippen molar-refractivity contribution in [2.45, 2.75) is 45.1 Å². The Morgan fingerprint density at radius 1 is 1.19 bits per heavy atom. The largest absolute Gasteiger partial charge is 0.465 e. The van der Waals surface area contributed by atoms with Gasteiger partial charge in [0.2, 0.25) is 0 Å². The Morgan fingerprint density at radius 3 is 2.71 bits per heavy atom. The van der Waals surface area contributed by atoms with Crippen molar-refractivity contribution in [2.75, 3.05) is 52.4 Å². The highest BCUT2D eigenvalue weighted by Gasteiger charge is 2.31. The number of piperazine rings is 1. The standard InChI is InChI=1S/C16H31N3O2/c1-2-17-8-4-3-5-9-18-10-12-19(13-11-18)15-7-6-14-21-16(15)20/h15,17H,2-14H2,1H3. The number of ether oxygens (including phenoxy) is 1. The fourth-order valence-corrected chi connectivity index (χ4v) is 3.23. The van der Waals surface area contributed by atoms with E-state index in [1.54, 1.807) is 0 Å². The molecular weight excluding hydrogens is 266 g/mol. The minimum atomic E-state index is -0.00174. The number of hydrogen-bond acceptors (Lipinski definition) is 5. The van der Waals surface area contributed by atoms with Crippen LogP contribution in [0.4, 0.5) is 0 Å². The average molecular weight is 297 g/mol. The molecule has 5 nitrogen and oxygen atoms in total. The van der Waals surface area contributed by atoms with Crippen molar-refractivity contribution in [3.8, 4) is 0 Å². The van der Waals surface area contributed by atoms with Crippen LogP contribution in [-0.2, 0) is 9.53 Å². The summed E-state index contributed by atoms with van der Waals surface area (Å²) in [7, 11) is 0. The molecule has 0 bridgehead atoms. The summed E-state index contributed by atoms with van der Waals surface area (Å²) in [5.74, 6) is -0.00174. The molecule has 122 valence electrons. The van der Waals surface area contributed by atoms with E-state index in [0.717, 1.165) is 52.1 Å². The van der Waals surface area contributed by atoms with Crippen LogP contribution in [0.1, 0.15) is 39.0 Å². The fraction of sp³-hybridized carbons (Fsp3) is 0.938. The predicted molar refractivity (Wildman–Crippen MR) is 84.4 cm³/mol. The van der Waals surface area contributed by atoms with E-state index >= 15 is 0 Å². The molecule has 0 aromatic carbocycles. The third-order valence-corrected chi connectivity index (χ3v) is 4.56. The van der Waals surface area contributed by atoms with Gasteiger partial charge in [-0.25, -0.2) is 0 Å². The molecule has 2 heterocycles. The van der Waals surface area contributed by atoms with E-state index in [0.29, 0.717) is 6.61 Å². The number of nitrogens with zero attached hydrogens (tertiary/aromatic N) is 2. The maximum absolute atomic E-state index is 11.8. The van der Waals surface area contributed by atoms with E-state index in [4.69, 9.17) is 4.74 Å². The number of carbonyl (C=O) groups excluding carboxylic acids is 1. The zero-order chi connectivity index (χ0) is 14.9. The Hall–Kier alpha value is -0.650. The Kier molecular flexibility index (Phi) is 7.47. The van der Waals surface area contributed by atoms with Crippen LogP contribution in [0.5, 0.6) is 0 Å². The SMILES string of the molecule is CCNCCCCCN1CCN(C2CCCOC2=O)CC1. The summed E-state index contributed by atoms with van der Waals surface area (Å²) in [6.07, 6.45) is 5.87. The summed E-state index contributed by atoms with van der Waals surface area (Å²) in [4.78, 5) is 16.7. The van der Waals surface area contributed by atoms with Crippen LogP contribution in [0.15, 0.2) is 0 Å². The van der Waals surface area contributed by atoms with Crippen molar-refractivity contribution in [1.29, 1.82) is 0 Å². The van der Waals surface area contributed by atoms with Gasteiger partial charge >= 0.3 is 5.97 Å². The molecule has 1 atom stereocenters. The van der Waals surface area contributed by atoms with Gasteiger partial charge in [0, 0.05) is 26.2 Å². The van der Waals surface area contributed by atoms with Gasteiger partial charge in [-0.05, 0) is 45.3 Å². The summed E-state index contributed by atoms with van der Waals surface area (Å²) in [5.41, 5.74) is 0. The van der Waals surface area contributed by atoms with Gasteiger partial charge in [-0.15, -0.1) is 0 Å². The first kappa shape index (κ1) is 16.7. The molecule has 5 heteroatoms. The fourth-order valence-electron chi connectivity index (χ4n) is 3.23. The minimum absolute atomic E-state index is 0.00174. The quantitative estimate of drug-likeness (QED) is 0.537. The molecule has 21 heavy (non-hydrogen) atoms. The average Bonchev–Trinajstić information content (AvgIpc) is 2.52. The Morgan fingerprint density at radius 2 is 2.00 bits per heavy atom. The summed E-state index contributed by atoms with van der Waals surface area (Å²) < 4.78 is 5.18. The molecule has 0 aromatic heterocycles. The molecule has 2 saturated heterocycles. The second kappa shape index (κ2) is 9.38. The third-order valence-electron chi connectivity index (χ3n) is 4.56. The molecule has 0 radical (unpaired) electrons. The van der Waals surface area contributed by atoms with E-state index in [2.05, 4.69) is 22.0 Å². The highest BCUT2D eigenvalue weighted by molar-refractivity contribution is 5.76. The number of unbranched alkanes of at least 4 members (excludes halogenated alkanes) is 2. The highest BCUT2D eigenvalue weighted by atomic mass is 16.5. The number of hydrogen-bond donors (Lipinski definition) is 1. The maximum atomic E-state index is 11.8. The van der Waals surface area contributed by atoms with Gasteiger partial charge in [0.05, 0.1) is 6.61 Å². The molecule has 0 aliphatic carbocycles. The number of rotatable bonds is 8. The first-order chi connectivity index (χ1) is 10.3. The van der Waals surface area contributed by atoms with E-state index < -0.39 is 0 Å². The van der Waals surface area contributed by atoms with E-state index in [1.807, 2.05) is 0 Å². The lowest BCUT2D eigenvalue weighted by atomic mass is 10.1. The third kappa shape index (κ3) is 5.57. The van der Waals surface area contributed by atoms with E-state index in [9.17, 15) is 4.79 Å². The minimum Gasteiger partial charge on any atom is -0.465 e. The second-order valence-electron chi connectivity index (χ2n) is 6.12. The monoisotopic (exact) mass is 297 g/mol. The molecule has 0 spiro atoms. The van der Waals surface area contributed by atoms with Gasteiger partial charge in [0.25, 0.3) is 0 Å². The molecule has 2 fully saturated rings. The van der Waals surface area contributed by atoms with E-state index in [1.165, 1.54) is 25.8 Å². The summed E-state index contributed by atoms with van der Waals surface area (Å²) in [5, 5.41) is 3.37. The first-order valence-electron chi connectivity index (χ1n) is 8.65. The molecule has 2 aliphatic rings. The second-order valence-corrected chi connectivity index (χ2v) is 6.12. The zero-order valence-corrected chi connectivity index (χ0v) is 13.5. The number of nitrogens with one attached hydrogen (secondary N) is 1.